The summed E-state index contributed by atoms with van der Waals surface area (Å²) in [5, 5.41) is 5.26. The van der Waals surface area contributed by atoms with Gasteiger partial charge in [-0.1, -0.05) is 0 Å². The van der Waals surface area contributed by atoms with Gasteiger partial charge >= 0.3 is 206 Å². The number of anilines is 2. The first kappa shape index (κ1) is 21.4. The second-order valence-corrected chi connectivity index (χ2v) is 15.2. The minimum absolute atomic E-state index is 1.15. The number of benzene rings is 4. The molecule has 0 unspecified atom stereocenters. The second-order valence-electron chi connectivity index (χ2n) is 9.29. The van der Waals surface area contributed by atoms with E-state index in [2.05, 4.69) is 116 Å². The van der Waals surface area contributed by atoms with E-state index in [4.69, 9.17) is 0 Å². The number of nitrogens with zero attached hydrogens (tertiary/aromatic N) is 3. The van der Waals surface area contributed by atoms with E-state index in [0.29, 0.717) is 0 Å². The van der Waals surface area contributed by atoms with E-state index in [0.717, 1.165) is 13.1 Å². The standard InChI is InChI=1S/C28H30N3PSe/c1-29-25-17-15-21-11-5-7-13-23(21)27(25)28-24-14-8-6-12-22(24)16-18-26(28)30(2)32(29,33)31-19-9-3-4-10-20-31/h5-8,11-18H,3-4,9-10,19-20H2,1-2H3/q+1. The molecule has 1 radical (unpaired) electrons. The molecule has 4 aromatic carbocycles. The third kappa shape index (κ3) is 3.23. The Labute approximate surface area is 205 Å². The number of rotatable bonds is 1. The van der Waals surface area contributed by atoms with Crippen LogP contribution >= 0.6 is 6.40 Å². The van der Waals surface area contributed by atoms with Crippen molar-refractivity contribution in [3.05, 3.63) is 72.8 Å². The molecule has 0 spiro atoms. The summed E-state index contributed by atoms with van der Waals surface area (Å²) in [6.45, 7) is 2.31. The first-order valence-corrected chi connectivity index (χ1v) is 15.8. The van der Waals surface area contributed by atoms with E-state index in [1.165, 1.54) is 69.7 Å². The Kier molecular flexibility index (Phi) is 5.39. The molecule has 1 saturated heterocycles. The third-order valence-electron chi connectivity index (χ3n) is 7.49. The van der Waals surface area contributed by atoms with Gasteiger partial charge in [-0.15, -0.1) is 0 Å². The zero-order chi connectivity index (χ0) is 22.6. The first-order chi connectivity index (χ1) is 16.1. The minimum atomic E-state index is -1.94. The van der Waals surface area contributed by atoms with Crippen molar-refractivity contribution in [2.24, 2.45) is 0 Å². The molecule has 5 heteroatoms. The van der Waals surface area contributed by atoms with Gasteiger partial charge in [-0.3, -0.25) is 0 Å². The molecule has 0 amide bonds. The van der Waals surface area contributed by atoms with Crippen LogP contribution in [0.25, 0.3) is 32.7 Å². The van der Waals surface area contributed by atoms with Crippen LogP contribution in [0.15, 0.2) is 72.8 Å². The van der Waals surface area contributed by atoms with Gasteiger partial charge in [-0.2, -0.15) is 0 Å². The van der Waals surface area contributed by atoms with Crippen molar-refractivity contribution in [2.45, 2.75) is 25.7 Å². The van der Waals surface area contributed by atoms with Crippen LogP contribution in [0.5, 0.6) is 0 Å². The second kappa shape index (κ2) is 8.29. The van der Waals surface area contributed by atoms with E-state index in [1.807, 2.05) is 0 Å². The number of hydrogen-bond acceptors (Lipinski definition) is 3. The Hall–Kier alpha value is -2.09. The molecule has 0 N–H and O–H groups in total. The first-order valence-electron chi connectivity index (χ1n) is 12.0. The van der Waals surface area contributed by atoms with E-state index in [9.17, 15) is 0 Å². The third-order valence-corrected chi connectivity index (χ3v) is 15.2. The molecule has 3 nitrogen and oxygen atoms in total. The fraction of sp³-hybridized carbons (Fsp3) is 0.286. The fourth-order valence-corrected chi connectivity index (χ4v) is 10.8. The normalized spacial score (nSPS) is 18.6. The van der Waals surface area contributed by atoms with E-state index in [-0.39, 0.29) is 0 Å². The predicted molar refractivity (Wildman–Crippen MR) is 146 cm³/mol. The summed E-state index contributed by atoms with van der Waals surface area (Å²) in [5.74, 6) is 0. The molecule has 0 saturated carbocycles. The van der Waals surface area contributed by atoms with Gasteiger partial charge in [-0.05, 0) is 0 Å². The van der Waals surface area contributed by atoms with Crippen molar-refractivity contribution in [3.8, 4) is 11.1 Å². The van der Waals surface area contributed by atoms with Gasteiger partial charge in [0, 0.05) is 0 Å². The summed E-state index contributed by atoms with van der Waals surface area (Å²) in [6.07, 6.45) is 3.30. The molecule has 0 atom stereocenters. The Bertz CT molecular complexity index is 1250. The van der Waals surface area contributed by atoms with Gasteiger partial charge in [0.05, 0.1) is 0 Å². The van der Waals surface area contributed by atoms with Crippen LogP contribution in [0.3, 0.4) is 0 Å². The summed E-state index contributed by atoms with van der Waals surface area (Å²) in [5.41, 5.74) is 5.38. The Morgan fingerprint density at radius 3 is 1.55 bits per heavy atom. The van der Waals surface area contributed by atoms with Crippen molar-refractivity contribution >= 4 is 54.9 Å². The van der Waals surface area contributed by atoms with Crippen molar-refractivity contribution in [1.82, 2.24) is 4.67 Å². The molecule has 4 aromatic rings. The monoisotopic (exact) mass is 519 g/mol. The maximum absolute atomic E-state index is 3.80. The Balaban J connectivity index is 1.73. The predicted octanol–water partition coefficient (Wildman–Crippen LogP) is 7.27. The molecule has 167 valence electrons. The van der Waals surface area contributed by atoms with Crippen molar-refractivity contribution in [2.75, 3.05) is 36.5 Å². The molecule has 33 heavy (non-hydrogen) atoms. The SMILES string of the molecule is CN1c2ccc3ccccc3c2-c2c(ccc3ccccc23)N(C)[P+]1([Se])N1CCCCCC1. The zero-order valence-electron chi connectivity index (χ0n) is 19.4. The summed E-state index contributed by atoms with van der Waals surface area (Å²) in [7, 11) is 4.63. The van der Waals surface area contributed by atoms with Crippen LogP contribution in [-0.4, -0.2) is 47.4 Å². The van der Waals surface area contributed by atoms with Crippen LogP contribution in [0.1, 0.15) is 25.7 Å². The van der Waals surface area contributed by atoms with Crippen LogP contribution in [0.4, 0.5) is 11.4 Å². The average Bonchev–Trinajstić information content (AvgIpc) is 3.18. The summed E-state index contributed by atoms with van der Waals surface area (Å²) in [6, 6.07) is 27.0. The summed E-state index contributed by atoms with van der Waals surface area (Å²) in [4.78, 5) is 0. The van der Waals surface area contributed by atoms with E-state index in [1.54, 1.807) is 0 Å². The molecular weight excluding hydrogens is 488 g/mol. The molecule has 6 rings (SSSR count). The van der Waals surface area contributed by atoms with Gasteiger partial charge < -0.3 is 0 Å². The van der Waals surface area contributed by atoms with Gasteiger partial charge in [0.2, 0.25) is 0 Å². The molecule has 2 aliphatic rings. The van der Waals surface area contributed by atoms with Crippen molar-refractivity contribution in [3.63, 3.8) is 0 Å². The topological polar surface area (TPSA) is 9.72 Å². The van der Waals surface area contributed by atoms with Crippen LogP contribution < -0.4 is 9.34 Å². The molecule has 1 fully saturated rings. The van der Waals surface area contributed by atoms with Crippen molar-refractivity contribution in [1.29, 1.82) is 0 Å². The zero-order valence-corrected chi connectivity index (χ0v) is 22.0. The Morgan fingerprint density at radius 2 is 1.06 bits per heavy atom. The quantitative estimate of drug-likeness (QED) is 0.194. The van der Waals surface area contributed by atoms with E-state index >= 15 is 0 Å². The summed E-state index contributed by atoms with van der Waals surface area (Å²) < 4.78 is 7.95. The maximum atomic E-state index is 3.80. The van der Waals surface area contributed by atoms with Gasteiger partial charge in [0.15, 0.2) is 0 Å². The van der Waals surface area contributed by atoms with Crippen molar-refractivity contribution < 1.29 is 0 Å². The van der Waals surface area contributed by atoms with Gasteiger partial charge in [-0.25, -0.2) is 0 Å². The fourth-order valence-electron chi connectivity index (χ4n) is 5.76. The molecule has 0 bridgehead atoms. The van der Waals surface area contributed by atoms with Crippen LogP contribution in [-0.2, 0) is 0 Å². The molecule has 0 aromatic heterocycles. The van der Waals surface area contributed by atoms with Crippen LogP contribution in [0, 0.1) is 0 Å². The average molecular weight is 519 g/mol. The molecule has 2 heterocycles. The number of hydrogen-bond donors (Lipinski definition) is 0. The van der Waals surface area contributed by atoms with Crippen LogP contribution in [0.2, 0.25) is 0 Å². The molecule has 2 aliphatic heterocycles. The van der Waals surface area contributed by atoms with E-state index < -0.39 is 6.40 Å². The molecular formula is C28H30N3PSe+. The Morgan fingerprint density at radius 1 is 0.606 bits per heavy atom. The number of fused-ring (bicyclic) bond motifs is 7. The van der Waals surface area contributed by atoms with Gasteiger partial charge in [0.1, 0.15) is 0 Å². The summed E-state index contributed by atoms with van der Waals surface area (Å²) >= 11 is 3.80. The molecule has 0 aliphatic carbocycles. The van der Waals surface area contributed by atoms with Gasteiger partial charge in [0.25, 0.3) is 0 Å².